The zero-order chi connectivity index (χ0) is 21.7. The Morgan fingerprint density at radius 1 is 1.07 bits per heavy atom. The summed E-state index contributed by atoms with van der Waals surface area (Å²) in [5.74, 6) is -0.906. The number of ether oxygens (including phenoxy) is 2. The zero-order valence-corrected chi connectivity index (χ0v) is 17.4. The fraction of sp³-hybridized carbons (Fsp3) is 0.348. The topological polar surface area (TPSA) is 84.9 Å². The number of nitrogens with zero attached hydrogens (tertiary/aromatic N) is 1. The van der Waals surface area contributed by atoms with E-state index in [0.717, 1.165) is 11.1 Å². The van der Waals surface area contributed by atoms with Crippen LogP contribution in [0.5, 0.6) is 0 Å². The van der Waals surface area contributed by atoms with Crippen molar-refractivity contribution in [3.8, 4) is 0 Å². The SMILES string of the molecule is CC(C)(C)OC(=O)N[C@H]1Cc2ccccc2N(CC(=O)OCc2ccccc2)C1=O. The molecule has 158 valence electrons. The highest BCUT2D eigenvalue weighted by molar-refractivity contribution is 6.04. The molecule has 1 aliphatic heterocycles. The summed E-state index contributed by atoms with van der Waals surface area (Å²) in [5, 5.41) is 2.62. The van der Waals surface area contributed by atoms with Crippen LogP contribution in [0.3, 0.4) is 0 Å². The largest absolute Gasteiger partial charge is 0.459 e. The standard InChI is InChI=1S/C23H26N2O5/c1-23(2,3)30-22(28)24-18-13-17-11-7-8-12-19(17)25(21(18)27)14-20(26)29-15-16-9-5-4-6-10-16/h4-12,18H,13-15H2,1-3H3,(H,24,28)/t18-/m0/s1. The number of amides is 2. The molecule has 2 amide bonds. The second-order valence-electron chi connectivity index (χ2n) is 8.10. The number of nitrogens with one attached hydrogen (secondary N) is 1. The Labute approximate surface area is 176 Å². The highest BCUT2D eigenvalue weighted by Crippen LogP contribution is 2.28. The van der Waals surface area contributed by atoms with Crippen LogP contribution in [-0.4, -0.2) is 36.2 Å². The summed E-state index contributed by atoms with van der Waals surface area (Å²) < 4.78 is 10.6. The van der Waals surface area contributed by atoms with Crippen molar-refractivity contribution in [2.45, 2.75) is 45.4 Å². The monoisotopic (exact) mass is 410 g/mol. The Morgan fingerprint density at radius 2 is 1.73 bits per heavy atom. The smallest absolute Gasteiger partial charge is 0.408 e. The van der Waals surface area contributed by atoms with Crippen molar-refractivity contribution in [1.29, 1.82) is 0 Å². The van der Waals surface area contributed by atoms with E-state index in [2.05, 4.69) is 5.32 Å². The van der Waals surface area contributed by atoms with Gasteiger partial charge in [0.2, 0.25) is 0 Å². The molecule has 2 aromatic carbocycles. The van der Waals surface area contributed by atoms with E-state index in [9.17, 15) is 14.4 Å². The van der Waals surface area contributed by atoms with Crippen molar-refractivity contribution in [3.63, 3.8) is 0 Å². The number of benzene rings is 2. The number of anilines is 1. The maximum absolute atomic E-state index is 13.0. The van der Waals surface area contributed by atoms with E-state index >= 15 is 0 Å². The van der Waals surface area contributed by atoms with Gasteiger partial charge >= 0.3 is 12.1 Å². The van der Waals surface area contributed by atoms with Crippen LogP contribution in [0, 0.1) is 0 Å². The second-order valence-corrected chi connectivity index (χ2v) is 8.10. The molecule has 0 saturated heterocycles. The van der Waals surface area contributed by atoms with E-state index in [1.54, 1.807) is 32.9 Å². The van der Waals surface area contributed by atoms with Crippen molar-refractivity contribution in [1.82, 2.24) is 5.32 Å². The Bertz CT molecular complexity index is 921. The van der Waals surface area contributed by atoms with Gasteiger partial charge in [0, 0.05) is 12.1 Å². The van der Waals surface area contributed by atoms with Gasteiger partial charge in [0.05, 0.1) is 0 Å². The van der Waals surface area contributed by atoms with Gasteiger partial charge in [-0.2, -0.15) is 0 Å². The molecule has 0 bridgehead atoms. The van der Waals surface area contributed by atoms with Crippen LogP contribution in [0.4, 0.5) is 10.5 Å². The number of carbonyl (C=O) groups is 3. The first-order valence-electron chi connectivity index (χ1n) is 9.81. The number of hydrogen-bond acceptors (Lipinski definition) is 5. The van der Waals surface area contributed by atoms with E-state index in [1.807, 2.05) is 42.5 Å². The number of carbonyl (C=O) groups excluding carboxylic acids is 3. The highest BCUT2D eigenvalue weighted by atomic mass is 16.6. The van der Waals surface area contributed by atoms with Gasteiger partial charge in [0.15, 0.2) is 0 Å². The molecule has 0 radical (unpaired) electrons. The van der Waals surface area contributed by atoms with Gasteiger partial charge in [0.1, 0.15) is 24.8 Å². The van der Waals surface area contributed by atoms with Crippen LogP contribution in [0.15, 0.2) is 54.6 Å². The second kappa shape index (κ2) is 8.98. The van der Waals surface area contributed by atoms with Gasteiger partial charge in [-0.05, 0) is 38.0 Å². The Balaban J connectivity index is 1.71. The lowest BCUT2D eigenvalue weighted by molar-refractivity contribution is -0.144. The van der Waals surface area contributed by atoms with Gasteiger partial charge in [-0.15, -0.1) is 0 Å². The van der Waals surface area contributed by atoms with Crippen molar-refractivity contribution < 1.29 is 23.9 Å². The molecule has 7 heteroatoms. The highest BCUT2D eigenvalue weighted by Gasteiger charge is 2.35. The third-order valence-corrected chi connectivity index (χ3v) is 4.49. The predicted molar refractivity (Wildman–Crippen MR) is 112 cm³/mol. The lowest BCUT2D eigenvalue weighted by Crippen LogP contribution is -2.54. The fourth-order valence-electron chi connectivity index (χ4n) is 3.20. The quantitative estimate of drug-likeness (QED) is 0.765. The molecule has 0 spiro atoms. The molecule has 0 saturated carbocycles. The van der Waals surface area contributed by atoms with Gasteiger partial charge < -0.3 is 14.8 Å². The van der Waals surface area contributed by atoms with Crippen LogP contribution in [0.1, 0.15) is 31.9 Å². The average Bonchev–Trinajstić information content (AvgIpc) is 2.69. The normalized spacial score (nSPS) is 15.9. The zero-order valence-electron chi connectivity index (χ0n) is 17.4. The lowest BCUT2D eigenvalue weighted by Gasteiger charge is -2.34. The van der Waals surface area contributed by atoms with E-state index in [1.165, 1.54) is 4.90 Å². The minimum atomic E-state index is -0.823. The first-order valence-corrected chi connectivity index (χ1v) is 9.81. The lowest BCUT2D eigenvalue weighted by atomic mass is 9.97. The van der Waals surface area contributed by atoms with Crippen LogP contribution in [-0.2, 0) is 32.1 Å². The predicted octanol–water partition coefficient (Wildman–Crippen LogP) is 3.21. The number of esters is 1. The van der Waals surface area contributed by atoms with Crippen LogP contribution >= 0.6 is 0 Å². The van der Waals surface area contributed by atoms with Crippen molar-refractivity contribution >= 4 is 23.7 Å². The summed E-state index contributed by atoms with van der Waals surface area (Å²) in [4.78, 5) is 39.0. The van der Waals surface area contributed by atoms with Gasteiger partial charge in [-0.1, -0.05) is 48.5 Å². The molecule has 0 fully saturated rings. The summed E-state index contributed by atoms with van der Waals surface area (Å²) in [5.41, 5.74) is 1.68. The number of fused-ring (bicyclic) bond motifs is 1. The Hall–Kier alpha value is -3.35. The van der Waals surface area contributed by atoms with Gasteiger partial charge in [-0.25, -0.2) is 4.79 Å². The molecule has 1 aliphatic rings. The minimum Gasteiger partial charge on any atom is -0.459 e. The molecule has 0 aromatic heterocycles. The maximum atomic E-state index is 13.0. The minimum absolute atomic E-state index is 0.128. The van der Waals surface area contributed by atoms with E-state index in [4.69, 9.17) is 9.47 Å². The molecule has 1 heterocycles. The molecule has 0 aliphatic carbocycles. The van der Waals surface area contributed by atoms with Crippen LogP contribution in [0.2, 0.25) is 0 Å². The summed E-state index contributed by atoms with van der Waals surface area (Å²) in [6.07, 6.45) is -0.351. The van der Waals surface area contributed by atoms with E-state index in [0.29, 0.717) is 12.1 Å². The summed E-state index contributed by atoms with van der Waals surface area (Å²) in [6, 6.07) is 15.8. The van der Waals surface area contributed by atoms with E-state index < -0.39 is 23.7 Å². The summed E-state index contributed by atoms with van der Waals surface area (Å²) >= 11 is 0. The third-order valence-electron chi connectivity index (χ3n) is 4.49. The van der Waals surface area contributed by atoms with Crippen molar-refractivity contribution in [2.75, 3.05) is 11.4 Å². The summed E-state index contributed by atoms with van der Waals surface area (Å²) in [6.45, 7) is 5.14. The molecule has 1 N–H and O–H groups in total. The van der Waals surface area contributed by atoms with E-state index in [-0.39, 0.29) is 19.1 Å². The molecule has 1 atom stereocenters. The number of para-hydroxylation sites is 1. The van der Waals surface area contributed by atoms with Crippen LogP contribution in [0.25, 0.3) is 0 Å². The molecule has 7 nitrogen and oxygen atoms in total. The Morgan fingerprint density at radius 3 is 2.43 bits per heavy atom. The number of alkyl carbamates (subject to hydrolysis) is 1. The third kappa shape index (κ3) is 5.59. The van der Waals surface area contributed by atoms with Gasteiger partial charge in [0.25, 0.3) is 5.91 Å². The van der Waals surface area contributed by atoms with Gasteiger partial charge in [-0.3, -0.25) is 14.5 Å². The molecule has 3 rings (SSSR count). The van der Waals surface area contributed by atoms with Crippen LogP contribution < -0.4 is 10.2 Å². The van der Waals surface area contributed by atoms with Crippen molar-refractivity contribution in [2.24, 2.45) is 0 Å². The average molecular weight is 410 g/mol. The fourth-order valence-corrected chi connectivity index (χ4v) is 3.20. The first-order chi connectivity index (χ1) is 14.2. The van der Waals surface area contributed by atoms with Crippen molar-refractivity contribution in [3.05, 3.63) is 65.7 Å². The molecule has 0 unspecified atom stereocenters. The first kappa shape index (κ1) is 21.4. The molecule has 2 aromatic rings. The molecular weight excluding hydrogens is 384 g/mol. The summed E-state index contributed by atoms with van der Waals surface area (Å²) in [7, 11) is 0. The number of hydrogen-bond donors (Lipinski definition) is 1. The maximum Gasteiger partial charge on any atom is 0.408 e. The Kier molecular flexibility index (Phi) is 6.40. The molecular formula is C23H26N2O5. The molecule has 30 heavy (non-hydrogen) atoms. The number of rotatable bonds is 5.